The third-order valence-corrected chi connectivity index (χ3v) is 6.30. The summed E-state index contributed by atoms with van der Waals surface area (Å²) in [5.41, 5.74) is -0.554. The second-order valence-electron chi connectivity index (χ2n) is 5.02. The zero-order valence-corrected chi connectivity index (χ0v) is 12.7. The fourth-order valence-corrected chi connectivity index (χ4v) is 4.45. The van der Waals surface area contributed by atoms with Crippen LogP contribution in [0.15, 0.2) is 28.6 Å². The van der Waals surface area contributed by atoms with E-state index in [1.165, 1.54) is 6.92 Å². The number of sulfone groups is 1. The molecule has 0 saturated carbocycles. The predicted octanol–water partition coefficient (Wildman–Crippen LogP) is 1.59. The molecule has 0 radical (unpaired) electrons. The van der Waals surface area contributed by atoms with Gasteiger partial charge in [-0.15, -0.1) is 11.3 Å². The molecule has 0 unspecified atom stereocenters. The van der Waals surface area contributed by atoms with Crippen molar-refractivity contribution in [2.24, 2.45) is 0 Å². The van der Waals surface area contributed by atoms with Crippen LogP contribution in [-0.4, -0.2) is 41.6 Å². The molecule has 1 heterocycles. The summed E-state index contributed by atoms with van der Waals surface area (Å²) in [5.74, 6) is -0.0804. The number of aliphatic hydroxyl groups is 2. The van der Waals surface area contributed by atoms with Crippen LogP contribution in [0.2, 0.25) is 0 Å². The highest BCUT2D eigenvalue weighted by Gasteiger charge is 2.23. The van der Waals surface area contributed by atoms with E-state index in [4.69, 9.17) is 5.11 Å². The minimum Gasteiger partial charge on any atom is -0.393 e. The molecule has 1 atom stereocenters. The SMILES string of the molecule is C[C@](O)(CO)CCCS(=O)(=O)c1nc2ccccc2s1. The Bertz CT molecular complexity index is 658. The molecule has 5 nitrogen and oxygen atoms in total. The first kappa shape index (κ1) is 15.4. The van der Waals surface area contributed by atoms with Gasteiger partial charge in [0.2, 0.25) is 14.2 Å². The quantitative estimate of drug-likeness (QED) is 0.845. The molecule has 7 heteroatoms. The predicted molar refractivity (Wildman–Crippen MR) is 78.6 cm³/mol. The summed E-state index contributed by atoms with van der Waals surface area (Å²) >= 11 is 1.16. The summed E-state index contributed by atoms with van der Waals surface area (Å²) in [6.07, 6.45) is 0.513. The van der Waals surface area contributed by atoms with E-state index in [9.17, 15) is 13.5 Å². The summed E-state index contributed by atoms with van der Waals surface area (Å²) in [4.78, 5) is 4.14. The van der Waals surface area contributed by atoms with Gasteiger partial charge < -0.3 is 10.2 Å². The van der Waals surface area contributed by atoms with Gasteiger partial charge in [0.05, 0.1) is 28.2 Å². The molecular formula is C13H17NO4S2. The van der Waals surface area contributed by atoms with Crippen LogP contribution in [0, 0.1) is 0 Å². The van der Waals surface area contributed by atoms with Crippen LogP contribution in [-0.2, 0) is 9.84 Å². The molecule has 2 aromatic rings. The summed E-state index contributed by atoms with van der Waals surface area (Å²) < 4.78 is 25.3. The number of aromatic nitrogens is 1. The Morgan fingerprint density at radius 2 is 2.05 bits per heavy atom. The molecule has 0 amide bonds. The monoisotopic (exact) mass is 315 g/mol. The van der Waals surface area contributed by atoms with Crippen molar-refractivity contribution in [1.29, 1.82) is 0 Å². The maximum absolute atomic E-state index is 12.2. The number of aliphatic hydroxyl groups excluding tert-OH is 1. The summed E-state index contributed by atoms with van der Waals surface area (Å²) in [5, 5.41) is 18.6. The molecule has 2 N–H and O–H groups in total. The van der Waals surface area contributed by atoms with Crippen LogP contribution in [0.3, 0.4) is 0 Å². The van der Waals surface area contributed by atoms with Crippen molar-refractivity contribution in [3.05, 3.63) is 24.3 Å². The molecule has 0 bridgehead atoms. The van der Waals surface area contributed by atoms with Gasteiger partial charge in [-0.2, -0.15) is 0 Å². The molecule has 110 valence electrons. The molecule has 0 fully saturated rings. The number of rotatable bonds is 6. The number of fused-ring (bicyclic) bond motifs is 1. The number of hydrogen-bond acceptors (Lipinski definition) is 6. The van der Waals surface area contributed by atoms with E-state index in [0.717, 1.165) is 16.0 Å². The van der Waals surface area contributed by atoms with Crippen LogP contribution in [0.5, 0.6) is 0 Å². The molecular weight excluding hydrogens is 298 g/mol. The lowest BCUT2D eigenvalue weighted by molar-refractivity contribution is -0.00535. The second-order valence-corrected chi connectivity index (χ2v) is 8.34. The van der Waals surface area contributed by atoms with E-state index < -0.39 is 15.4 Å². The Morgan fingerprint density at radius 1 is 1.35 bits per heavy atom. The second kappa shape index (κ2) is 5.77. The van der Waals surface area contributed by atoms with Gasteiger partial charge in [0.1, 0.15) is 0 Å². The number of para-hydroxylation sites is 1. The van der Waals surface area contributed by atoms with Gasteiger partial charge >= 0.3 is 0 Å². The molecule has 1 aromatic heterocycles. The lowest BCUT2D eigenvalue weighted by Gasteiger charge is -2.19. The molecule has 1 aromatic carbocycles. The molecule has 0 aliphatic rings. The molecule has 0 aliphatic heterocycles. The molecule has 0 saturated heterocycles. The topological polar surface area (TPSA) is 87.5 Å². The van der Waals surface area contributed by atoms with E-state index in [-0.39, 0.29) is 29.5 Å². The largest absolute Gasteiger partial charge is 0.393 e. The Balaban J connectivity index is 2.10. The first-order valence-electron chi connectivity index (χ1n) is 6.26. The van der Waals surface area contributed by atoms with Crippen molar-refractivity contribution in [2.45, 2.75) is 29.7 Å². The average Bonchev–Trinajstić information content (AvgIpc) is 2.83. The third kappa shape index (κ3) is 3.54. The third-order valence-electron chi connectivity index (χ3n) is 3.01. The minimum absolute atomic E-state index is 0.0804. The standard InChI is InChI=1S/C13H17NO4S2/c1-13(16,9-15)7-4-8-20(17,18)12-14-10-5-2-3-6-11(10)19-12/h2-3,5-6,15-16H,4,7-9H2,1H3/t13-/m1/s1. The van der Waals surface area contributed by atoms with Crippen LogP contribution in [0.1, 0.15) is 19.8 Å². The minimum atomic E-state index is -3.44. The van der Waals surface area contributed by atoms with E-state index in [1.54, 1.807) is 6.07 Å². The van der Waals surface area contributed by atoms with Gasteiger partial charge in [0, 0.05) is 0 Å². The summed E-state index contributed by atoms with van der Waals surface area (Å²) in [7, 11) is -3.44. The molecule has 20 heavy (non-hydrogen) atoms. The maximum Gasteiger partial charge on any atom is 0.210 e. The van der Waals surface area contributed by atoms with Gasteiger partial charge in [-0.1, -0.05) is 12.1 Å². The van der Waals surface area contributed by atoms with Crippen LogP contribution in [0.4, 0.5) is 0 Å². The van der Waals surface area contributed by atoms with Crippen molar-refractivity contribution < 1.29 is 18.6 Å². The van der Waals surface area contributed by atoms with Crippen LogP contribution >= 0.6 is 11.3 Å². The summed E-state index contributed by atoms with van der Waals surface area (Å²) in [6, 6.07) is 7.27. The van der Waals surface area contributed by atoms with Crippen molar-refractivity contribution in [2.75, 3.05) is 12.4 Å². The van der Waals surface area contributed by atoms with E-state index in [0.29, 0.717) is 5.52 Å². The number of nitrogens with zero attached hydrogens (tertiary/aromatic N) is 1. The fourth-order valence-electron chi connectivity index (χ4n) is 1.79. The molecule has 2 rings (SSSR count). The highest BCUT2D eigenvalue weighted by Crippen LogP contribution is 2.26. The van der Waals surface area contributed by atoms with Gasteiger partial charge in [0.15, 0.2) is 0 Å². The smallest absolute Gasteiger partial charge is 0.210 e. The van der Waals surface area contributed by atoms with Crippen molar-refractivity contribution >= 4 is 31.4 Å². The number of thiazole rings is 1. The van der Waals surface area contributed by atoms with Crippen LogP contribution < -0.4 is 0 Å². The Hall–Kier alpha value is -1.02. The number of benzene rings is 1. The molecule has 0 spiro atoms. The normalized spacial score (nSPS) is 15.3. The maximum atomic E-state index is 12.2. The number of hydrogen-bond donors (Lipinski definition) is 2. The highest BCUT2D eigenvalue weighted by atomic mass is 32.2. The first-order valence-corrected chi connectivity index (χ1v) is 8.72. The fraction of sp³-hybridized carbons (Fsp3) is 0.462. The zero-order chi connectivity index (χ0) is 14.8. The van der Waals surface area contributed by atoms with Crippen molar-refractivity contribution in [3.8, 4) is 0 Å². The summed E-state index contributed by atoms with van der Waals surface area (Å²) in [6.45, 7) is 1.10. The lowest BCUT2D eigenvalue weighted by Crippen LogP contribution is -2.29. The van der Waals surface area contributed by atoms with E-state index >= 15 is 0 Å². The first-order chi connectivity index (χ1) is 9.34. The van der Waals surface area contributed by atoms with E-state index in [2.05, 4.69) is 4.98 Å². The van der Waals surface area contributed by atoms with Gasteiger partial charge in [-0.25, -0.2) is 13.4 Å². The average molecular weight is 315 g/mol. The van der Waals surface area contributed by atoms with Crippen LogP contribution in [0.25, 0.3) is 10.2 Å². The Morgan fingerprint density at radius 3 is 2.70 bits per heavy atom. The lowest BCUT2D eigenvalue weighted by atomic mass is 10.0. The highest BCUT2D eigenvalue weighted by molar-refractivity contribution is 7.93. The molecule has 0 aliphatic carbocycles. The van der Waals surface area contributed by atoms with Gasteiger partial charge in [0.25, 0.3) is 0 Å². The van der Waals surface area contributed by atoms with E-state index in [1.807, 2.05) is 18.2 Å². The van der Waals surface area contributed by atoms with Gasteiger partial charge in [-0.05, 0) is 31.9 Å². The Kier molecular flexibility index (Phi) is 4.43. The Labute approximate surface area is 121 Å². The van der Waals surface area contributed by atoms with Crippen molar-refractivity contribution in [3.63, 3.8) is 0 Å². The van der Waals surface area contributed by atoms with Crippen molar-refractivity contribution in [1.82, 2.24) is 4.98 Å². The van der Waals surface area contributed by atoms with Gasteiger partial charge in [-0.3, -0.25) is 0 Å². The zero-order valence-electron chi connectivity index (χ0n) is 11.1.